The number of piperidine rings is 1. The molecule has 10 heteroatoms. The molecule has 0 spiro atoms. The Kier molecular flexibility index (Phi) is 8.14. The first-order valence-corrected chi connectivity index (χ1v) is 12.9. The maximum atomic E-state index is 14.7. The largest absolute Gasteiger partial charge is 0.352 e. The van der Waals surface area contributed by atoms with Gasteiger partial charge in [0.1, 0.15) is 5.82 Å². The Balaban J connectivity index is 1.75. The minimum Gasteiger partial charge on any atom is -0.352 e. The highest BCUT2D eigenvalue weighted by Crippen LogP contribution is 2.39. The predicted molar refractivity (Wildman–Crippen MR) is 124 cm³/mol. The molecule has 0 bridgehead atoms. The summed E-state index contributed by atoms with van der Waals surface area (Å²) in [5.74, 6) is -0.689. The van der Waals surface area contributed by atoms with Gasteiger partial charge in [-0.25, -0.2) is 17.1 Å². The van der Waals surface area contributed by atoms with Crippen LogP contribution in [0.3, 0.4) is 0 Å². The molecule has 1 amide bonds. The minimum absolute atomic E-state index is 0.0931. The van der Waals surface area contributed by atoms with E-state index < -0.39 is 21.3 Å². The summed E-state index contributed by atoms with van der Waals surface area (Å²) in [6.07, 6.45) is 3.33. The van der Waals surface area contributed by atoms with Crippen LogP contribution in [0, 0.1) is 5.82 Å². The van der Waals surface area contributed by atoms with E-state index in [0.717, 1.165) is 0 Å². The average Bonchev–Trinajstić information content (AvgIpc) is 2.74. The summed E-state index contributed by atoms with van der Waals surface area (Å²) < 4.78 is 41.1. The summed E-state index contributed by atoms with van der Waals surface area (Å²) in [5.41, 5.74) is -0.0679. The fraction of sp³-hybridized carbons (Fsp3) is 0.455. The van der Waals surface area contributed by atoms with E-state index >= 15 is 0 Å². The van der Waals surface area contributed by atoms with Gasteiger partial charge in [-0.3, -0.25) is 9.78 Å². The number of pyridine rings is 1. The third-order valence-corrected chi connectivity index (χ3v) is 8.48. The van der Waals surface area contributed by atoms with Crippen molar-refractivity contribution >= 4 is 39.1 Å². The molecule has 0 atom stereocenters. The van der Waals surface area contributed by atoms with Crippen molar-refractivity contribution in [3.63, 3.8) is 0 Å². The Bertz CT molecular complexity index is 1070. The highest BCUT2D eigenvalue weighted by Gasteiger charge is 2.41. The van der Waals surface area contributed by atoms with Crippen molar-refractivity contribution in [1.29, 1.82) is 0 Å². The summed E-state index contributed by atoms with van der Waals surface area (Å²) in [6, 6.07) is 7.51. The lowest BCUT2D eigenvalue weighted by atomic mass is 9.73. The number of amides is 1. The topological polar surface area (TPSA) is 79.4 Å². The van der Waals surface area contributed by atoms with Crippen LogP contribution in [-0.4, -0.2) is 49.0 Å². The second-order valence-electron chi connectivity index (χ2n) is 7.96. The van der Waals surface area contributed by atoms with Crippen molar-refractivity contribution in [2.45, 2.75) is 38.0 Å². The first-order chi connectivity index (χ1) is 15.2. The van der Waals surface area contributed by atoms with Gasteiger partial charge in [-0.1, -0.05) is 30.1 Å². The van der Waals surface area contributed by atoms with E-state index in [-0.39, 0.29) is 36.3 Å². The van der Waals surface area contributed by atoms with E-state index in [1.807, 2.05) is 6.92 Å². The number of carbonyl (C=O) groups excluding carboxylic acids is 1. The highest BCUT2D eigenvalue weighted by molar-refractivity contribution is 7.89. The monoisotopic (exact) mass is 501 g/mol. The molecule has 1 aliphatic heterocycles. The Morgan fingerprint density at radius 3 is 2.59 bits per heavy atom. The van der Waals surface area contributed by atoms with Gasteiger partial charge in [0.05, 0.1) is 22.0 Å². The van der Waals surface area contributed by atoms with Crippen LogP contribution < -0.4 is 5.32 Å². The first kappa shape index (κ1) is 24.9. The second-order valence-corrected chi connectivity index (χ2v) is 10.9. The summed E-state index contributed by atoms with van der Waals surface area (Å²) >= 11 is 12.0. The van der Waals surface area contributed by atoms with Gasteiger partial charge in [0, 0.05) is 36.3 Å². The molecule has 0 unspecified atom stereocenters. The first-order valence-electron chi connectivity index (χ1n) is 10.5. The third kappa shape index (κ3) is 5.60. The summed E-state index contributed by atoms with van der Waals surface area (Å²) in [7, 11) is -3.33. The SMILES string of the molecule is CCCS(=O)(=O)N1CCC(CCNC(=O)c2ccc(Cl)cc2Cl)(c2ncccc2F)CC1. The third-order valence-electron chi connectivity index (χ3n) is 5.86. The summed E-state index contributed by atoms with van der Waals surface area (Å²) in [5, 5.41) is 3.51. The molecule has 0 saturated carbocycles. The van der Waals surface area contributed by atoms with Gasteiger partial charge in [0.15, 0.2) is 0 Å². The standard InChI is InChI=1S/C22H26Cl2FN3O3S/c1-2-14-32(30,31)28-12-8-22(9-13-28,20-19(25)4-3-10-26-20)7-11-27-21(29)17-6-5-16(23)15-18(17)24/h3-6,10,15H,2,7-9,11-14H2,1H3,(H,27,29). The molecule has 32 heavy (non-hydrogen) atoms. The number of benzene rings is 1. The van der Waals surface area contributed by atoms with E-state index in [1.165, 1.54) is 28.7 Å². The van der Waals surface area contributed by atoms with Gasteiger partial charge in [-0.2, -0.15) is 0 Å². The van der Waals surface area contributed by atoms with Crippen molar-refractivity contribution < 1.29 is 17.6 Å². The van der Waals surface area contributed by atoms with E-state index in [0.29, 0.717) is 42.0 Å². The Hall–Kier alpha value is -1.74. The fourth-order valence-electron chi connectivity index (χ4n) is 4.14. The Morgan fingerprint density at radius 2 is 1.97 bits per heavy atom. The summed E-state index contributed by atoms with van der Waals surface area (Å²) in [4.78, 5) is 16.9. The molecular weight excluding hydrogens is 476 g/mol. The van der Waals surface area contributed by atoms with Crippen LogP contribution in [-0.2, 0) is 15.4 Å². The quantitative estimate of drug-likeness (QED) is 0.580. The van der Waals surface area contributed by atoms with Crippen molar-refractivity contribution in [3.05, 3.63) is 63.6 Å². The van der Waals surface area contributed by atoms with Gasteiger partial charge in [0.2, 0.25) is 10.0 Å². The van der Waals surface area contributed by atoms with Gasteiger partial charge in [0.25, 0.3) is 5.91 Å². The highest BCUT2D eigenvalue weighted by atomic mass is 35.5. The molecule has 1 aromatic carbocycles. The number of nitrogens with zero attached hydrogens (tertiary/aromatic N) is 2. The zero-order valence-corrected chi connectivity index (χ0v) is 20.1. The van der Waals surface area contributed by atoms with Gasteiger partial charge < -0.3 is 5.32 Å². The maximum absolute atomic E-state index is 14.7. The number of nitrogens with one attached hydrogen (secondary N) is 1. The van der Waals surface area contributed by atoms with Crippen LogP contribution in [0.15, 0.2) is 36.5 Å². The van der Waals surface area contributed by atoms with Crippen LogP contribution in [0.4, 0.5) is 4.39 Å². The molecule has 1 fully saturated rings. The number of carbonyl (C=O) groups is 1. The lowest BCUT2D eigenvalue weighted by molar-refractivity contribution is 0.0947. The van der Waals surface area contributed by atoms with E-state index in [9.17, 15) is 17.6 Å². The van der Waals surface area contributed by atoms with Crippen LogP contribution in [0.25, 0.3) is 0 Å². The van der Waals surface area contributed by atoms with Crippen molar-refractivity contribution in [3.8, 4) is 0 Å². The lowest BCUT2D eigenvalue weighted by Gasteiger charge is -2.41. The molecule has 1 N–H and O–H groups in total. The second kappa shape index (κ2) is 10.5. The molecule has 1 aliphatic rings. The van der Waals surface area contributed by atoms with Crippen molar-refractivity contribution in [2.24, 2.45) is 0 Å². The van der Waals surface area contributed by atoms with Crippen molar-refractivity contribution in [1.82, 2.24) is 14.6 Å². The van der Waals surface area contributed by atoms with E-state index in [4.69, 9.17) is 23.2 Å². The fourth-order valence-corrected chi connectivity index (χ4v) is 6.15. The average molecular weight is 502 g/mol. The minimum atomic E-state index is -3.33. The van der Waals surface area contributed by atoms with Gasteiger partial charge in [-0.15, -0.1) is 0 Å². The molecule has 0 aliphatic carbocycles. The van der Waals surface area contributed by atoms with Crippen LogP contribution in [0.5, 0.6) is 0 Å². The van der Waals surface area contributed by atoms with Gasteiger partial charge >= 0.3 is 0 Å². The lowest BCUT2D eigenvalue weighted by Crippen LogP contribution is -2.47. The van der Waals surface area contributed by atoms with Crippen LogP contribution in [0.2, 0.25) is 10.0 Å². The molecule has 174 valence electrons. The molecule has 1 aromatic heterocycles. The predicted octanol–water partition coefficient (Wildman–Crippen LogP) is 4.42. The van der Waals surface area contributed by atoms with Crippen LogP contribution in [0.1, 0.15) is 48.7 Å². The van der Waals surface area contributed by atoms with E-state index in [1.54, 1.807) is 12.1 Å². The summed E-state index contributed by atoms with van der Waals surface area (Å²) in [6.45, 7) is 2.66. The number of rotatable bonds is 8. The molecule has 6 nitrogen and oxygen atoms in total. The number of halogens is 3. The van der Waals surface area contributed by atoms with E-state index in [2.05, 4.69) is 10.3 Å². The zero-order chi connectivity index (χ0) is 23.4. The molecular formula is C22H26Cl2FN3O3S. The smallest absolute Gasteiger partial charge is 0.252 e. The molecule has 0 radical (unpaired) electrons. The van der Waals surface area contributed by atoms with Crippen LogP contribution >= 0.6 is 23.2 Å². The molecule has 2 aromatic rings. The number of hydrogen-bond acceptors (Lipinski definition) is 4. The Labute approximate surface area is 198 Å². The molecule has 1 saturated heterocycles. The molecule has 2 heterocycles. The number of sulfonamides is 1. The Morgan fingerprint density at radius 1 is 1.25 bits per heavy atom. The number of aromatic nitrogens is 1. The maximum Gasteiger partial charge on any atom is 0.252 e. The zero-order valence-electron chi connectivity index (χ0n) is 17.8. The molecule has 3 rings (SSSR count). The number of hydrogen-bond donors (Lipinski definition) is 1. The van der Waals surface area contributed by atoms with Gasteiger partial charge in [-0.05, 0) is 56.0 Å². The normalized spacial score (nSPS) is 16.6. The van der Waals surface area contributed by atoms with Crippen molar-refractivity contribution in [2.75, 3.05) is 25.4 Å².